The molecule has 1 fully saturated rings. The van der Waals surface area contributed by atoms with Crippen molar-refractivity contribution in [2.24, 2.45) is 0 Å². The number of aryl methyl sites for hydroxylation is 1. The van der Waals surface area contributed by atoms with E-state index in [4.69, 9.17) is 9.15 Å². The molecule has 1 aliphatic heterocycles. The molecule has 1 unspecified atom stereocenters. The molecule has 7 heteroatoms. The monoisotopic (exact) mass is 435 g/mol. The van der Waals surface area contributed by atoms with E-state index in [0.29, 0.717) is 0 Å². The molecule has 1 saturated heterocycles. The van der Waals surface area contributed by atoms with Crippen molar-refractivity contribution in [1.82, 2.24) is 9.55 Å². The highest BCUT2D eigenvalue weighted by molar-refractivity contribution is 7.86. The van der Waals surface area contributed by atoms with Crippen LogP contribution in [0.1, 0.15) is 19.8 Å². The molecule has 31 heavy (non-hydrogen) atoms. The van der Waals surface area contributed by atoms with E-state index in [1.807, 2.05) is 10.4 Å². The summed E-state index contributed by atoms with van der Waals surface area (Å²) in [6.07, 6.45) is 5.20. The smallest absolute Gasteiger partial charge is 0.181 e. The highest BCUT2D eigenvalue weighted by Crippen LogP contribution is 2.42. The summed E-state index contributed by atoms with van der Waals surface area (Å²) in [5.74, 6) is 2.30. The fraction of sp³-hybridized carbons (Fsp3) is 0.292. The predicted octanol–water partition coefficient (Wildman–Crippen LogP) is 5.26. The van der Waals surface area contributed by atoms with Crippen molar-refractivity contribution in [1.29, 1.82) is 0 Å². The van der Waals surface area contributed by atoms with Crippen molar-refractivity contribution in [3.63, 3.8) is 0 Å². The lowest BCUT2D eigenvalue weighted by Crippen LogP contribution is -2.19. The zero-order valence-electron chi connectivity index (χ0n) is 17.7. The van der Waals surface area contributed by atoms with Crippen LogP contribution in [0, 0.1) is 0 Å². The summed E-state index contributed by atoms with van der Waals surface area (Å²) in [5.41, 5.74) is 5.31. The molecule has 160 valence electrons. The zero-order valence-corrected chi connectivity index (χ0v) is 18.5. The van der Waals surface area contributed by atoms with Crippen molar-refractivity contribution in [2.75, 3.05) is 23.7 Å². The number of oxazole rings is 1. The van der Waals surface area contributed by atoms with Crippen molar-refractivity contribution in [3.8, 4) is 28.3 Å². The molecular formula is C24H25N3O3S. The number of aromatic nitrogens is 2. The molecule has 4 aromatic rings. The Hall–Kier alpha value is -3.06. The van der Waals surface area contributed by atoms with Crippen LogP contribution in [-0.2, 0) is 17.5 Å². The number of nitrogens with zero attached hydrogens (tertiary/aromatic N) is 3. The summed E-state index contributed by atoms with van der Waals surface area (Å²) >= 11 is 0. The molecule has 0 aliphatic carbocycles. The maximum atomic E-state index is 12.3. The normalized spacial score (nSPS) is 16.3. The summed E-state index contributed by atoms with van der Waals surface area (Å²) in [4.78, 5) is 4.16. The molecule has 2 aromatic heterocycles. The van der Waals surface area contributed by atoms with Gasteiger partial charge in [0.25, 0.3) is 0 Å². The minimum Gasteiger partial charge on any atom is -0.497 e. The third kappa shape index (κ3) is 3.43. The van der Waals surface area contributed by atoms with Gasteiger partial charge in [-0.2, -0.15) is 0 Å². The van der Waals surface area contributed by atoms with Crippen LogP contribution in [0.2, 0.25) is 0 Å². The van der Waals surface area contributed by atoms with Gasteiger partial charge >= 0.3 is 0 Å². The van der Waals surface area contributed by atoms with E-state index in [1.54, 1.807) is 13.3 Å². The van der Waals surface area contributed by atoms with Crippen LogP contribution in [0.3, 0.4) is 0 Å². The number of fused-ring (bicyclic) bond motifs is 1. The molecule has 0 amide bonds. The lowest BCUT2D eigenvalue weighted by molar-refractivity contribution is 0.415. The van der Waals surface area contributed by atoms with Crippen LogP contribution in [0.5, 0.6) is 5.75 Å². The second-order valence-corrected chi connectivity index (χ2v) is 9.14. The largest absolute Gasteiger partial charge is 0.497 e. The molecule has 3 heterocycles. The van der Waals surface area contributed by atoms with E-state index in [0.717, 1.165) is 76.6 Å². The Kier molecular flexibility index (Phi) is 5.28. The summed E-state index contributed by atoms with van der Waals surface area (Å²) in [7, 11) is 0.764. The van der Waals surface area contributed by atoms with Crippen LogP contribution in [-0.4, -0.2) is 33.2 Å². The highest BCUT2D eigenvalue weighted by Gasteiger charge is 2.24. The van der Waals surface area contributed by atoms with Gasteiger partial charge in [0.2, 0.25) is 0 Å². The van der Waals surface area contributed by atoms with Gasteiger partial charge < -0.3 is 13.7 Å². The van der Waals surface area contributed by atoms with Gasteiger partial charge in [-0.05, 0) is 42.7 Å². The Balaban J connectivity index is 1.72. The summed E-state index contributed by atoms with van der Waals surface area (Å²) in [5, 5.41) is 1.10. The molecule has 0 radical (unpaired) electrons. The molecule has 2 aromatic carbocycles. The number of ether oxygens (including phenoxy) is 1. The van der Waals surface area contributed by atoms with Crippen molar-refractivity contribution < 1.29 is 13.4 Å². The standard InChI is InChI=1S/C24H25N3O3S/c1-3-11-26-21-14-19(29-2)9-10-20(21)23(22-15-25-16-30-22)24(26)17-5-7-18(8-6-17)27-12-4-13-31(27)28/h5-10,14-16H,3-4,11-13H2,1-2H3. The maximum absolute atomic E-state index is 12.3. The molecule has 0 N–H and O–H groups in total. The first-order chi connectivity index (χ1) is 15.2. The van der Waals surface area contributed by atoms with Gasteiger partial charge in [0, 0.05) is 36.0 Å². The number of methoxy groups -OCH3 is 1. The topological polar surface area (TPSA) is 60.5 Å². The Morgan fingerprint density at radius 2 is 2.03 bits per heavy atom. The molecule has 0 saturated carbocycles. The first kappa shape index (κ1) is 19.9. The van der Waals surface area contributed by atoms with Gasteiger partial charge in [0.1, 0.15) is 16.7 Å². The molecule has 1 aliphatic rings. The number of hydrogen-bond acceptors (Lipinski definition) is 4. The molecule has 5 rings (SSSR count). The SMILES string of the molecule is CCCn1c(-c2ccc(N3CCCS3=O)cc2)c(-c2cnco2)c2ccc(OC)cc21. The minimum atomic E-state index is -0.924. The quantitative estimate of drug-likeness (QED) is 0.415. The Morgan fingerprint density at radius 3 is 2.68 bits per heavy atom. The number of anilines is 1. The van der Waals surface area contributed by atoms with Gasteiger partial charge in [-0.1, -0.05) is 19.1 Å². The van der Waals surface area contributed by atoms with E-state index in [9.17, 15) is 4.21 Å². The summed E-state index contributed by atoms with van der Waals surface area (Å²) in [6.45, 7) is 3.88. The Labute approximate surface area is 184 Å². The third-order valence-corrected chi connectivity index (χ3v) is 7.28. The van der Waals surface area contributed by atoms with E-state index < -0.39 is 11.0 Å². The summed E-state index contributed by atoms with van der Waals surface area (Å²) < 4.78 is 27.8. The lowest BCUT2D eigenvalue weighted by atomic mass is 10.0. The number of benzene rings is 2. The fourth-order valence-electron chi connectivity index (χ4n) is 4.38. The average Bonchev–Trinajstić information content (AvgIpc) is 3.53. The minimum absolute atomic E-state index is 0.740. The van der Waals surface area contributed by atoms with Crippen LogP contribution in [0.15, 0.2) is 59.5 Å². The molecule has 1 atom stereocenters. The zero-order chi connectivity index (χ0) is 21.4. The average molecular weight is 436 g/mol. The Bertz CT molecular complexity index is 1230. The van der Waals surface area contributed by atoms with Gasteiger partial charge in [0.15, 0.2) is 12.2 Å². The molecule has 0 bridgehead atoms. The predicted molar refractivity (Wildman–Crippen MR) is 125 cm³/mol. The molecular weight excluding hydrogens is 410 g/mol. The van der Waals surface area contributed by atoms with Gasteiger partial charge in [-0.15, -0.1) is 0 Å². The van der Waals surface area contributed by atoms with Crippen LogP contribution in [0.25, 0.3) is 33.5 Å². The lowest BCUT2D eigenvalue weighted by Gasteiger charge is -2.17. The van der Waals surface area contributed by atoms with Gasteiger partial charge in [-0.3, -0.25) is 4.31 Å². The van der Waals surface area contributed by atoms with E-state index in [2.05, 4.69) is 52.9 Å². The second kappa shape index (κ2) is 8.23. The first-order valence-electron chi connectivity index (χ1n) is 10.6. The van der Waals surface area contributed by atoms with Crippen molar-refractivity contribution in [2.45, 2.75) is 26.3 Å². The molecule has 6 nitrogen and oxygen atoms in total. The fourth-order valence-corrected chi connectivity index (χ4v) is 5.66. The summed E-state index contributed by atoms with van der Waals surface area (Å²) in [6, 6.07) is 14.5. The Morgan fingerprint density at radius 1 is 1.19 bits per heavy atom. The maximum Gasteiger partial charge on any atom is 0.181 e. The van der Waals surface area contributed by atoms with Crippen LogP contribution in [0.4, 0.5) is 5.69 Å². The third-order valence-electron chi connectivity index (χ3n) is 5.75. The van der Waals surface area contributed by atoms with Crippen molar-refractivity contribution >= 4 is 27.6 Å². The first-order valence-corrected chi connectivity index (χ1v) is 11.8. The van der Waals surface area contributed by atoms with Gasteiger partial charge in [-0.25, -0.2) is 9.19 Å². The molecule has 0 spiro atoms. The van der Waals surface area contributed by atoms with E-state index in [-0.39, 0.29) is 0 Å². The van der Waals surface area contributed by atoms with Crippen molar-refractivity contribution in [3.05, 3.63) is 55.1 Å². The van der Waals surface area contributed by atoms with E-state index >= 15 is 0 Å². The highest BCUT2D eigenvalue weighted by atomic mass is 32.2. The van der Waals surface area contributed by atoms with E-state index in [1.165, 1.54) is 6.39 Å². The second-order valence-electron chi connectivity index (χ2n) is 7.65. The van der Waals surface area contributed by atoms with Crippen LogP contribution < -0.4 is 9.04 Å². The van der Waals surface area contributed by atoms with Gasteiger partial charge in [0.05, 0.1) is 30.1 Å². The van der Waals surface area contributed by atoms with Crippen LogP contribution >= 0.6 is 0 Å². The number of rotatable bonds is 6. The number of hydrogen-bond donors (Lipinski definition) is 0.